The first-order valence-corrected chi connectivity index (χ1v) is 3.39. The fourth-order valence-corrected chi connectivity index (χ4v) is 0.786. The van der Waals surface area contributed by atoms with Gasteiger partial charge >= 0.3 is 0 Å². The second-order valence-corrected chi connectivity index (χ2v) is 2.01. The van der Waals surface area contributed by atoms with Crippen LogP contribution in [0.2, 0.25) is 0 Å². The van der Waals surface area contributed by atoms with Crippen LogP contribution in [0.3, 0.4) is 0 Å². The van der Waals surface area contributed by atoms with E-state index in [1.54, 1.807) is 7.05 Å². The van der Waals surface area contributed by atoms with E-state index in [0.29, 0.717) is 23.9 Å². The van der Waals surface area contributed by atoms with Crippen molar-refractivity contribution in [1.29, 1.82) is 5.26 Å². The number of oxazole rings is 1. The van der Waals surface area contributed by atoms with Crippen molar-refractivity contribution in [3.05, 3.63) is 11.5 Å². The number of nitriles is 1. The highest BCUT2D eigenvalue weighted by molar-refractivity contribution is 5.32. The predicted molar refractivity (Wildman–Crippen MR) is 40.1 cm³/mol. The lowest BCUT2D eigenvalue weighted by Crippen LogP contribution is -1.86. The topological polar surface area (TPSA) is 61.9 Å². The van der Waals surface area contributed by atoms with Crippen LogP contribution in [0.4, 0.5) is 6.01 Å². The zero-order chi connectivity index (χ0) is 8.27. The van der Waals surface area contributed by atoms with Crippen molar-refractivity contribution in [3.8, 4) is 6.07 Å². The molecule has 0 spiro atoms. The molecule has 4 nitrogen and oxygen atoms in total. The molecule has 0 atom stereocenters. The highest BCUT2D eigenvalue weighted by atomic mass is 16.4. The smallest absolute Gasteiger partial charge is 0.295 e. The zero-order valence-electron chi connectivity index (χ0n) is 6.51. The summed E-state index contributed by atoms with van der Waals surface area (Å²) in [5, 5.41) is 11.3. The van der Waals surface area contributed by atoms with Gasteiger partial charge in [0.25, 0.3) is 6.01 Å². The van der Waals surface area contributed by atoms with Gasteiger partial charge in [-0.2, -0.15) is 10.2 Å². The van der Waals surface area contributed by atoms with E-state index >= 15 is 0 Å². The summed E-state index contributed by atoms with van der Waals surface area (Å²) in [5.41, 5.74) is 0.372. The van der Waals surface area contributed by atoms with Gasteiger partial charge in [0.05, 0.1) is 0 Å². The van der Waals surface area contributed by atoms with E-state index in [4.69, 9.17) is 9.68 Å². The van der Waals surface area contributed by atoms with E-state index in [1.807, 2.05) is 13.0 Å². The lowest BCUT2D eigenvalue weighted by Gasteiger charge is -1.87. The molecule has 1 heterocycles. The molecule has 1 aromatic heterocycles. The summed E-state index contributed by atoms with van der Waals surface area (Å²) < 4.78 is 5.16. The van der Waals surface area contributed by atoms with E-state index in [1.165, 1.54) is 0 Å². The summed E-state index contributed by atoms with van der Waals surface area (Å²) in [7, 11) is 1.70. The normalized spacial score (nSPS) is 9.18. The van der Waals surface area contributed by atoms with Crippen molar-refractivity contribution in [2.24, 2.45) is 0 Å². The minimum Gasteiger partial charge on any atom is -0.427 e. The molecule has 0 aliphatic heterocycles. The molecule has 1 rings (SSSR count). The minimum atomic E-state index is 0.372. The molecular formula is C7H9N3O. The van der Waals surface area contributed by atoms with Gasteiger partial charge in [0, 0.05) is 13.5 Å². The molecule has 0 saturated carbocycles. The van der Waals surface area contributed by atoms with Crippen LogP contribution in [-0.2, 0) is 6.42 Å². The summed E-state index contributed by atoms with van der Waals surface area (Å²) in [5.74, 6) is 0.636. The van der Waals surface area contributed by atoms with Gasteiger partial charge in [0.1, 0.15) is 11.8 Å². The Hall–Kier alpha value is -1.50. The second kappa shape index (κ2) is 3.06. The lowest BCUT2D eigenvalue weighted by molar-refractivity contribution is 0.525. The molecule has 0 saturated heterocycles. The van der Waals surface area contributed by atoms with Crippen LogP contribution >= 0.6 is 0 Å². The van der Waals surface area contributed by atoms with Gasteiger partial charge in [-0.05, 0) is 0 Å². The average Bonchev–Trinajstić information content (AvgIpc) is 2.46. The van der Waals surface area contributed by atoms with Crippen LogP contribution < -0.4 is 5.32 Å². The molecule has 58 valence electrons. The molecule has 0 fully saturated rings. The first-order chi connectivity index (χ1) is 5.31. The van der Waals surface area contributed by atoms with Gasteiger partial charge in [-0.15, -0.1) is 0 Å². The van der Waals surface area contributed by atoms with Crippen molar-refractivity contribution in [2.75, 3.05) is 12.4 Å². The Balaban J connectivity index is 3.05. The number of hydrogen-bond donors (Lipinski definition) is 1. The van der Waals surface area contributed by atoms with Crippen molar-refractivity contribution >= 4 is 6.01 Å². The van der Waals surface area contributed by atoms with E-state index in [0.717, 1.165) is 0 Å². The fourth-order valence-electron chi connectivity index (χ4n) is 0.786. The average molecular weight is 151 g/mol. The molecule has 0 bridgehead atoms. The van der Waals surface area contributed by atoms with Gasteiger partial charge in [-0.1, -0.05) is 6.92 Å². The molecule has 1 N–H and O–H groups in total. The summed E-state index contributed by atoms with van der Waals surface area (Å²) in [6.07, 6.45) is 0.692. The van der Waals surface area contributed by atoms with Crippen LogP contribution in [0.5, 0.6) is 0 Å². The number of rotatable bonds is 2. The SMILES string of the molecule is CCc1oc(NC)nc1C#N. The Morgan fingerprint density at radius 1 is 1.73 bits per heavy atom. The monoisotopic (exact) mass is 151 g/mol. The molecule has 0 aliphatic rings. The maximum Gasteiger partial charge on any atom is 0.295 e. The molecule has 0 amide bonds. The van der Waals surface area contributed by atoms with E-state index in [2.05, 4.69) is 10.3 Å². The molecule has 4 heteroatoms. The van der Waals surface area contributed by atoms with Gasteiger partial charge < -0.3 is 9.73 Å². The predicted octanol–water partition coefficient (Wildman–Crippen LogP) is 1.15. The molecule has 0 radical (unpaired) electrons. The highest BCUT2D eigenvalue weighted by Crippen LogP contribution is 2.13. The first kappa shape index (κ1) is 7.61. The fraction of sp³-hybridized carbons (Fsp3) is 0.429. The van der Waals surface area contributed by atoms with Crippen molar-refractivity contribution in [2.45, 2.75) is 13.3 Å². The molecular weight excluding hydrogens is 142 g/mol. The van der Waals surface area contributed by atoms with Gasteiger partial charge in [-0.25, -0.2) is 0 Å². The maximum atomic E-state index is 8.56. The van der Waals surface area contributed by atoms with Crippen LogP contribution in [0.25, 0.3) is 0 Å². The molecule has 0 aromatic carbocycles. The Kier molecular flexibility index (Phi) is 2.12. The molecule has 11 heavy (non-hydrogen) atoms. The third-order valence-corrected chi connectivity index (χ3v) is 1.34. The van der Waals surface area contributed by atoms with E-state index in [9.17, 15) is 0 Å². The van der Waals surface area contributed by atoms with Gasteiger partial charge in [0.2, 0.25) is 0 Å². The van der Waals surface area contributed by atoms with Gasteiger partial charge in [-0.3, -0.25) is 0 Å². The maximum absolute atomic E-state index is 8.56. The van der Waals surface area contributed by atoms with Gasteiger partial charge in [0.15, 0.2) is 5.69 Å². The number of aryl methyl sites for hydroxylation is 1. The number of nitrogens with one attached hydrogen (secondary N) is 1. The Bertz CT molecular complexity index is 284. The molecule has 1 aromatic rings. The highest BCUT2D eigenvalue weighted by Gasteiger charge is 2.08. The third-order valence-electron chi connectivity index (χ3n) is 1.34. The van der Waals surface area contributed by atoms with Crippen molar-refractivity contribution < 1.29 is 4.42 Å². The van der Waals surface area contributed by atoms with Crippen LogP contribution in [0.15, 0.2) is 4.42 Å². The first-order valence-electron chi connectivity index (χ1n) is 3.39. The Morgan fingerprint density at radius 3 is 2.82 bits per heavy atom. The number of anilines is 1. The minimum absolute atomic E-state index is 0.372. The summed E-state index contributed by atoms with van der Waals surface area (Å²) in [6, 6.07) is 2.36. The summed E-state index contributed by atoms with van der Waals surface area (Å²) in [6.45, 7) is 1.92. The summed E-state index contributed by atoms with van der Waals surface area (Å²) in [4.78, 5) is 3.88. The van der Waals surface area contributed by atoms with E-state index < -0.39 is 0 Å². The van der Waals surface area contributed by atoms with Crippen molar-refractivity contribution in [3.63, 3.8) is 0 Å². The quantitative estimate of drug-likeness (QED) is 0.688. The van der Waals surface area contributed by atoms with E-state index in [-0.39, 0.29) is 0 Å². The third kappa shape index (κ3) is 1.32. The number of aromatic nitrogens is 1. The largest absolute Gasteiger partial charge is 0.427 e. The Morgan fingerprint density at radius 2 is 2.45 bits per heavy atom. The second-order valence-electron chi connectivity index (χ2n) is 2.01. The number of nitrogens with zero attached hydrogens (tertiary/aromatic N) is 2. The van der Waals surface area contributed by atoms with Crippen molar-refractivity contribution in [1.82, 2.24) is 4.98 Å². The van der Waals surface area contributed by atoms with Crippen LogP contribution in [-0.4, -0.2) is 12.0 Å². The summed E-state index contributed by atoms with van der Waals surface area (Å²) >= 11 is 0. The Labute approximate surface area is 64.8 Å². The number of hydrogen-bond acceptors (Lipinski definition) is 4. The van der Waals surface area contributed by atoms with Crippen LogP contribution in [0.1, 0.15) is 18.4 Å². The lowest BCUT2D eigenvalue weighted by atomic mass is 10.3. The molecule has 0 aliphatic carbocycles. The zero-order valence-corrected chi connectivity index (χ0v) is 6.51. The standard InChI is InChI=1S/C7H9N3O/c1-3-6-5(4-8)10-7(9-2)11-6/h3H2,1-2H3,(H,9,10). The molecule has 0 unspecified atom stereocenters. The van der Waals surface area contributed by atoms with Crippen LogP contribution in [0, 0.1) is 11.3 Å².